The number of halogens is 1. The van der Waals surface area contributed by atoms with Gasteiger partial charge in [-0.1, -0.05) is 12.1 Å². The molecule has 2 rings (SSSR count). The molecular formula is C17H20FNO2. The number of hydrogen-bond donors (Lipinski definition) is 1. The predicted molar refractivity (Wildman–Crippen MR) is 82.5 cm³/mol. The summed E-state index contributed by atoms with van der Waals surface area (Å²) in [6.45, 7) is 4.61. The van der Waals surface area contributed by atoms with Crippen molar-refractivity contribution in [1.29, 1.82) is 0 Å². The number of hydrogen-bond acceptors (Lipinski definition) is 3. The van der Waals surface area contributed by atoms with Gasteiger partial charge in [-0.2, -0.15) is 0 Å². The Morgan fingerprint density at radius 1 is 1.10 bits per heavy atom. The lowest BCUT2D eigenvalue weighted by Crippen LogP contribution is -2.05. The Balaban J connectivity index is 1.95. The first kappa shape index (κ1) is 15.2. The molecule has 0 aromatic heterocycles. The van der Waals surface area contributed by atoms with Crippen LogP contribution >= 0.6 is 0 Å². The van der Waals surface area contributed by atoms with Crippen molar-refractivity contribution in [2.45, 2.75) is 26.5 Å². The largest absolute Gasteiger partial charge is 0.494 e. The molecule has 112 valence electrons. The van der Waals surface area contributed by atoms with Crippen LogP contribution in [0.15, 0.2) is 42.5 Å². The van der Waals surface area contributed by atoms with E-state index in [4.69, 9.17) is 9.47 Å². The molecule has 0 fully saturated rings. The lowest BCUT2D eigenvalue weighted by atomic mass is 10.2. The highest BCUT2D eigenvalue weighted by molar-refractivity contribution is 5.47. The third-order valence-corrected chi connectivity index (χ3v) is 2.94. The van der Waals surface area contributed by atoms with Crippen LogP contribution in [0.25, 0.3) is 0 Å². The van der Waals surface area contributed by atoms with Crippen LogP contribution in [0.1, 0.15) is 19.4 Å². The second-order valence-corrected chi connectivity index (χ2v) is 5.01. The van der Waals surface area contributed by atoms with Crippen LogP contribution < -0.4 is 14.8 Å². The van der Waals surface area contributed by atoms with Gasteiger partial charge in [-0.05, 0) is 43.7 Å². The molecule has 0 saturated heterocycles. The van der Waals surface area contributed by atoms with Gasteiger partial charge in [0.15, 0.2) is 11.6 Å². The highest BCUT2D eigenvalue weighted by Crippen LogP contribution is 2.21. The van der Waals surface area contributed by atoms with Crippen molar-refractivity contribution in [2.24, 2.45) is 0 Å². The molecule has 0 amide bonds. The molecule has 0 aliphatic carbocycles. The lowest BCUT2D eigenvalue weighted by molar-refractivity contribution is 0.242. The number of ether oxygens (including phenoxy) is 2. The maximum Gasteiger partial charge on any atom is 0.167 e. The second kappa shape index (κ2) is 6.97. The van der Waals surface area contributed by atoms with Crippen molar-refractivity contribution in [3.05, 3.63) is 53.8 Å². The average molecular weight is 289 g/mol. The molecule has 0 spiro atoms. The van der Waals surface area contributed by atoms with Crippen molar-refractivity contribution >= 4 is 5.69 Å². The standard InChI is InChI=1S/C17H20FNO2/c1-12(2)21-15-7-4-13(5-8-15)11-19-14-6-9-17(20-3)16(18)10-14/h4-10,12,19H,11H2,1-3H3. The van der Waals surface area contributed by atoms with Crippen molar-refractivity contribution < 1.29 is 13.9 Å². The molecule has 0 unspecified atom stereocenters. The summed E-state index contributed by atoms with van der Waals surface area (Å²) in [5.41, 5.74) is 1.82. The van der Waals surface area contributed by atoms with Gasteiger partial charge in [-0.3, -0.25) is 0 Å². The molecular weight excluding hydrogens is 269 g/mol. The van der Waals surface area contributed by atoms with Gasteiger partial charge in [0.25, 0.3) is 0 Å². The first-order valence-corrected chi connectivity index (χ1v) is 6.91. The molecule has 0 aliphatic heterocycles. The van der Waals surface area contributed by atoms with E-state index in [-0.39, 0.29) is 17.7 Å². The van der Waals surface area contributed by atoms with Gasteiger partial charge in [0, 0.05) is 18.3 Å². The molecule has 2 aromatic rings. The Morgan fingerprint density at radius 3 is 2.38 bits per heavy atom. The number of anilines is 1. The Hall–Kier alpha value is -2.23. The minimum atomic E-state index is -0.372. The van der Waals surface area contributed by atoms with Crippen LogP contribution in [-0.2, 0) is 6.54 Å². The SMILES string of the molecule is COc1ccc(NCc2ccc(OC(C)C)cc2)cc1F. The molecule has 21 heavy (non-hydrogen) atoms. The van der Waals surface area contributed by atoms with Crippen LogP contribution in [0.3, 0.4) is 0 Å². The summed E-state index contributed by atoms with van der Waals surface area (Å²) in [4.78, 5) is 0. The fraction of sp³-hybridized carbons (Fsp3) is 0.294. The van der Waals surface area contributed by atoms with Gasteiger partial charge < -0.3 is 14.8 Å². The van der Waals surface area contributed by atoms with Crippen molar-refractivity contribution in [2.75, 3.05) is 12.4 Å². The van der Waals surface area contributed by atoms with E-state index in [1.807, 2.05) is 38.1 Å². The lowest BCUT2D eigenvalue weighted by Gasteiger charge is -2.11. The highest BCUT2D eigenvalue weighted by atomic mass is 19.1. The van der Waals surface area contributed by atoms with Crippen molar-refractivity contribution in [3.8, 4) is 11.5 Å². The zero-order chi connectivity index (χ0) is 15.2. The minimum absolute atomic E-state index is 0.163. The number of benzene rings is 2. The Labute approximate surface area is 124 Å². The summed E-state index contributed by atoms with van der Waals surface area (Å²) in [5.74, 6) is 0.725. The van der Waals surface area contributed by atoms with Crippen LogP contribution in [-0.4, -0.2) is 13.2 Å². The van der Waals surface area contributed by atoms with Crippen LogP contribution in [0.5, 0.6) is 11.5 Å². The molecule has 0 radical (unpaired) electrons. The van der Waals surface area contributed by atoms with E-state index >= 15 is 0 Å². The first-order chi connectivity index (χ1) is 10.1. The van der Waals surface area contributed by atoms with Crippen molar-refractivity contribution in [1.82, 2.24) is 0 Å². The molecule has 0 bridgehead atoms. The van der Waals surface area contributed by atoms with Gasteiger partial charge in [0.05, 0.1) is 13.2 Å². The Kier molecular flexibility index (Phi) is 5.04. The van der Waals surface area contributed by atoms with Gasteiger partial charge in [0.2, 0.25) is 0 Å². The summed E-state index contributed by atoms with van der Waals surface area (Å²) in [6.07, 6.45) is 0.163. The van der Waals surface area contributed by atoms with Crippen LogP contribution in [0.2, 0.25) is 0 Å². The normalized spacial score (nSPS) is 10.5. The molecule has 0 atom stereocenters. The molecule has 3 nitrogen and oxygen atoms in total. The van der Waals surface area contributed by atoms with E-state index in [0.29, 0.717) is 6.54 Å². The average Bonchev–Trinajstić information content (AvgIpc) is 2.46. The number of rotatable bonds is 6. The highest BCUT2D eigenvalue weighted by Gasteiger charge is 2.03. The van der Waals surface area contributed by atoms with E-state index in [1.165, 1.54) is 13.2 Å². The van der Waals surface area contributed by atoms with Gasteiger partial charge in [-0.15, -0.1) is 0 Å². The summed E-state index contributed by atoms with van der Waals surface area (Å²) >= 11 is 0. The fourth-order valence-corrected chi connectivity index (χ4v) is 1.94. The second-order valence-electron chi connectivity index (χ2n) is 5.01. The minimum Gasteiger partial charge on any atom is -0.494 e. The topological polar surface area (TPSA) is 30.5 Å². The summed E-state index contributed by atoms with van der Waals surface area (Å²) < 4.78 is 24.0. The smallest absolute Gasteiger partial charge is 0.167 e. The van der Waals surface area contributed by atoms with Crippen LogP contribution in [0, 0.1) is 5.82 Å². The summed E-state index contributed by atoms with van der Waals surface area (Å²) in [5, 5.41) is 3.18. The quantitative estimate of drug-likeness (QED) is 0.863. The monoisotopic (exact) mass is 289 g/mol. The molecule has 4 heteroatoms. The number of methoxy groups -OCH3 is 1. The van der Waals surface area contributed by atoms with E-state index in [0.717, 1.165) is 17.0 Å². The summed E-state index contributed by atoms with van der Waals surface area (Å²) in [7, 11) is 1.45. The maximum absolute atomic E-state index is 13.6. The van der Waals surface area contributed by atoms with Gasteiger partial charge in [0.1, 0.15) is 5.75 Å². The van der Waals surface area contributed by atoms with Crippen LogP contribution in [0.4, 0.5) is 10.1 Å². The van der Waals surface area contributed by atoms with Crippen molar-refractivity contribution in [3.63, 3.8) is 0 Å². The maximum atomic E-state index is 13.6. The van der Waals surface area contributed by atoms with E-state index in [2.05, 4.69) is 5.32 Å². The van der Waals surface area contributed by atoms with E-state index in [9.17, 15) is 4.39 Å². The zero-order valence-electron chi connectivity index (χ0n) is 12.5. The molecule has 0 saturated carbocycles. The summed E-state index contributed by atoms with van der Waals surface area (Å²) in [6, 6.07) is 12.7. The Morgan fingerprint density at radius 2 is 1.81 bits per heavy atom. The third kappa shape index (κ3) is 4.38. The Bertz CT molecular complexity index is 582. The third-order valence-electron chi connectivity index (χ3n) is 2.94. The first-order valence-electron chi connectivity index (χ1n) is 6.91. The molecule has 2 aromatic carbocycles. The molecule has 0 aliphatic rings. The molecule has 1 N–H and O–H groups in total. The number of nitrogens with one attached hydrogen (secondary N) is 1. The van der Waals surface area contributed by atoms with Gasteiger partial charge in [-0.25, -0.2) is 4.39 Å². The predicted octanol–water partition coefficient (Wildman–Crippen LogP) is 4.23. The fourth-order valence-electron chi connectivity index (χ4n) is 1.94. The van der Waals surface area contributed by atoms with E-state index in [1.54, 1.807) is 12.1 Å². The van der Waals surface area contributed by atoms with Gasteiger partial charge >= 0.3 is 0 Å². The van der Waals surface area contributed by atoms with E-state index < -0.39 is 0 Å². The zero-order valence-corrected chi connectivity index (χ0v) is 12.5. The molecule has 0 heterocycles.